The number of benzene rings is 1. The van der Waals surface area contributed by atoms with Crippen LogP contribution in [0.2, 0.25) is 0 Å². The van der Waals surface area contributed by atoms with Crippen molar-refractivity contribution in [3.63, 3.8) is 0 Å². The summed E-state index contributed by atoms with van der Waals surface area (Å²) in [5.74, 6) is -8.09. The average Bonchev–Trinajstić information content (AvgIpc) is 3.08. The van der Waals surface area contributed by atoms with Crippen molar-refractivity contribution >= 4 is 47.4 Å². The van der Waals surface area contributed by atoms with E-state index in [4.69, 9.17) is 10.8 Å². The van der Waals surface area contributed by atoms with E-state index in [1.165, 1.54) is 0 Å². The van der Waals surface area contributed by atoms with Crippen LogP contribution in [0.4, 0.5) is 0 Å². The monoisotopic (exact) mass is 749 g/mol. The Labute approximate surface area is 308 Å². The maximum absolute atomic E-state index is 13.6. The second-order valence-electron chi connectivity index (χ2n) is 13.4. The molecule has 11 N–H and O–H groups in total. The fraction of sp³-hybridized carbons (Fsp3) is 0.600. The first-order chi connectivity index (χ1) is 24.9. The summed E-state index contributed by atoms with van der Waals surface area (Å²) in [7, 11) is 0. The van der Waals surface area contributed by atoms with E-state index in [0.717, 1.165) is 6.42 Å². The number of carboxylic acids is 2. The van der Waals surface area contributed by atoms with Gasteiger partial charge in [0.05, 0.1) is 25.6 Å². The molecule has 0 saturated heterocycles. The first-order valence-corrected chi connectivity index (χ1v) is 17.5. The van der Waals surface area contributed by atoms with Gasteiger partial charge in [-0.15, -0.1) is 0 Å². The quantitative estimate of drug-likeness (QED) is 0.0580. The molecule has 0 bridgehead atoms. The third-order valence-electron chi connectivity index (χ3n) is 7.95. The molecule has 0 saturated carbocycles. The predicted octanol–water partition coefficient (Wildman–Crippen LogP) is -1.46. The minimum atomic E-state index is -1.59. The Kier molecular flexibility index (Phi) is 20.3. The standard InChI is InChI=1S/C35H55N7O11/c1-6-7-13-23(35(52)53)39-31(48)24(14-19(2)3)38-27(44)17-37-34(51)29(20(4)5)42-32(49)25(15-21-11-9-8-10-12-21)40-33(50)26(18-43)41-30(47)22(36)16-28(45)46/h8-12,19-20,22-26,29,43H,6-7,13-18,36H2,1-5H3,(H,37,51)(H,38,44)(H,39,48)(H,40,50)(H,41,47)(H,42,49)(H,45,46)(H,52,53)/t22-,23-,24-,25-,26-,29-/m0/s1. The molecular formula is C35H55N7O11. The van der Waals surface area contributed by atoms with Gasteiger partial charge in [0.1, 0.15) is 30.2 Å². The molecule has 18 nitrogen and oxygen atoms in total. The molecule has 0 aromatic heterocycles. The lowest BCUT2D eigenvalue weighted by Crippen LogP contribution is -2.60. The highest BCUT2D eigenvalue weighted by atomic mass is 16.4. The van der Waals surface area contributed by atoms with Crippen LogP contribution in [0.5, 0.6) is 0 Å². The van der Waals surface area contributed by atoms with Crippen LogP contribution in [0.3, 0.4) is 0 Å². The van der Waals surface area contributed by atoms with Gasteiger partial charge in [0.15, 0.2) is 0 Å². The van der Waals surface area contributed by atoms with Crippen molar-refractivity contribution in [2.24, 2.45) is 17.6 Å². The van der Waals surface area contributed by atoms with Crippen molar-refractivity contribution in [2.75, 3.05) is 13.2 Å². The zero-order chi connectivity index (χ0) is 40.2. The molecule has 0 unspecified atom stereocenters. The molecule has 53 heavy (non-hydrogen) atoms. The van der Waals surface area contributed by atoms with Crippen LogP contribution < -0.4 is 37.6 Å². The van der Waals surface area contributed by atoms with Crippen LogP contribution in [-0.2, 0) is 44.8 Å². The Bertz CT molecular complexity index is 1410. The summed E-state index contributed by atoms with van der Waals surface area (Å²) in [6.45, 7) is 7.30. The fourth-order valence-corrected chi connectivity index (χ4v) is 5.04. The van der Waals surface area contributed by atoms with Crippen LogP contribution in [0.25, 0.3) is 0 Å². The molecular weight excluding hydrogens is 694 g/mol. The number of unbranched alkanes of at least 4 members (excludes halogenated alkanes) is 1. The number of nitrogens with two attached hydrogens (primary N) is 1. The molecule has 296 valence electrons. The molecule has 0 aliphatic rings. The van der Waals surface area contributed by atoms with E-state index < -0.39 is 109 Å². The summed E-state index contributed by atoms with van der Waals surface area (Å²) in [4.78, 5) is 101. The van der Waals surface area contributed by atoms with Crippen LogP contribution in [-0.4, -0.2) is 112 Å². The fourth-order valence-electron chi connectivity index (χ4n) is 5.04. The number of hydrogen-bond donors (Lipinski definition) is 10. The zero-order valence-electron chi connectivity index (χ0n) is 30.8. The van der Waals surface area contributed by atoms with Crippen LogP contribution in [0, 0.1) is 11.8 Å². The molecule has 0 aliphatic heterocycles. The summed E-state index contributed by atoms with van der Waals surface area (Å²) in [5, 5.41) is 42.9. The number of amides is 6. The topological polar surface area (TPSA) is 295 Å². The normalized spacial score (nSPS) is 14.4. The molecule has 6 atom stereocenters. The van der Waals surface area contributed by atoms with Gasteiger partial charge in [-0.2, -0.15) is 0 Å². The first-order valence-electron chi connectivity index (χ1n) is 17.5. The highest BCUT2D eigenvalue weighted by Gasteiger charge is 2.32. The van der Waals surface area contributed by atoms with E-state index in [1.807, 2.05) is 20.8 Å². The summed E-state index contributed by atoms with van der Waals surface area (Å²) >= 11 is 0. The Hall–Kier alpha value is -5.10. The Morgan fingerprint density at radius 3 is 1.81 bits per heavy atom. The van der Waals surface area contributed by atoms with Gasteiger partial charge in [0.25, 0.3) is 0 Å². The molecule has 0 spiro atoms. The van der Waals surface area contributed by atoms with Crippen molar-refractivity contribution in [3.05, 3.63) is 35.9 Å². The van der Waals surface area contributed by atoms with Gasteiger partial charge in [0, 0.05) is 6.42 Å². The number of carbonyl (C=O) groups is 8. The third kappa shape index (κ3) is 17.3. The number of rotatable bonds is 24. The highest BCUT2D eigenvalue weighted by molar-refractivity contribution is 5.96. The van der Waals surface area contributed by atoms with Gasteiger partial charge in [-0.05, 0) is 30.2 Å². The maximum Gasteiger partial charge on any atom is 0.326 e. The van der Waals surface area contributed by atoms with Crippen molar-refractivity contribution in [2.45, 2.75) is 109 Å². The summed E-state index contributed by atoms with van der Waals surface area (Å²) < 4.78 is 0. The first kappa shape index (κ1) is 45.9. The Morgan fingerprint density at radius 1 is 0.717 bits per heavy atom. The molecule has 1 aromatic carbocycles. The van der Waals surface area contributed by atoms with Gasteiger partial charge in [-0.3, -0.25) is 33.6 Å². The number of aliphatic carboxylic acids is 2. The van der Waals surface area contributed by atoms with Crippen LogP contribution in [0.1, 0.15) is 72.3 Å². The van der Waals surface area contributed by atoms with Crippen molar-refractivity contribution in [3.8, 4) is 0 Å². The largest absolute Gasteiger partial charge is 0.481 e. The van der Waals surface area contributed by atoms with Crippen LogP contribution in [0.15, 0.2) is 30.3 Å². The highest BCUT2D eigenvalue weighted by Crippen LogP contribution is 2.09. The summed E-state index contributed by atoms with van der Waals surface area (Å²) in [5.41, 5.74) is 6.17. The lowest BCUT2D eigenvalue weighted by Gasteiger charge is -2.27. The molecule has 0 heterocycles. The number of nitrogens with one attached hydrogen (secondary N) is 6. The van der Waals surface area contributed by atoms with E-state index in [-0.39, 0.29) is 25.2 Å². The lowest BCUT2D eigenvalue weighted by molar-refractivity contribution is -0.142. The van der Waals surface area contributed by atoms with E-state index in [1.54, 1.807) is 44.2 Å². The molecule has 0 fully saturated rings. The number of carboxylic acid groups (broad SMARTS) is 2. The van der Waals surface area contributed by atoms with Gasteiger partial charge >= 0.3 is 11.9 Å². The smallest absolute Gasteiger partial charge is 0.326 e. The molecule has 0 radical (unpaired) electrons. The van der Waals surface area contributed by atoms with Crippen molar-refractivity contribution < 1.29 is 53.7 Å². The number of hydrogen-bond acceptors (Lipinski definition) is 10. The molecule has 1 aromatic rings. The summed E-state index contributed by atoms with van der Waals surface area (Å²) in [6.07, 6.45) is 0.910. The predicted molar refractivity (Wildman–Crippen MR) is 192 cm³/mol. The average molecular weight is 750 g/mol. The summed E-state index contributed by atoms with van der Waals surface area (Å²) in [6, 6.07) is 0.668. The van der Waals surface area contributed by atoms with Gasteiger partial charge < -0.3 is 53.0 Å². The second-order valence-corrected chi connectivity index (χ2v) is 13.4. The Balaban J connectivity index is 3.07. The van der Waals surface area contributed by atoms with E-state index >= 15 is 0 Å². The molecule has 18 heteroatoms. The molecule has 0 aliphatic carbocycles. The van der Waals surface area contributed by atoms with E-state index in [0.29, 0.717) is 12.0 Å². The minimum absolute atomic E-state index is 0.0529. The Morgan fingerprint density at radius 2 is 1.28 bits per heavy atom. The van der Waals surface area contributed by atoms with Gasteiger partial charge in [-0.1, -0.05) is 77.8 Å². The van der Waals surface area contributed by atoms with Gasteiger partial charge in [-0.25, -0.2) is 4.79 Å². The lowest BCUT2D eigenvalue weighted by atomic mass is 10.0. The molecule has 1 rings (SSSR count). The van der Waals surface area contributed by atoms with Crippen molar-refractivity contribution in [1.82, 2.24) is 31.9 Å². The number of aliphatic hydroxyl groups is 1. The van der Waals surface area contributed by atoms with Crippen LogP contribution >= 0.6 is 0 Å². The minimum Gasteiger partial charge on any atom is -0.481 e. The molecule has 6 amide bonds. The third-order valence-corrected chi connectivity index (χ3v) is 7.95. The zero-order valence-corrected chi connectivity index (χ0v) is 30.8. The van der Waals surface area contributed by atoms with Crippen molar-refractivity contribution in [1.29, 1.82) is 0 Å². The van der Waals surface area contributed by atoms with Gasteiger partial charge in [0.2, 0.25) is 35.4 Å². The maximum atomic E-state index is 13.6. The second kappa shape index (κ2) is 23.5. The van der Waals surface area contributed by atoms with E-state index in [9.17, 15) is 48.6 Å². The number of carbonyl (C=O) groups excluding carboxylic acids is 6. The van der Waals surface area contributed by atoms with E-state index in [2.05, 4.69) is 31.9 Å². The SMILES string of the molecule is CCCC[C@H](NC(=O)[C@H](CC(C)C)NC(=O)CNC(=O)[C@@H](NC(=O)[C@H](Cc1ccccc1)NC(=O)[C@H](CO)NC(=O)[C@@H](N)CC(=O)O)C(C)C)C(=O)O. The number of aliphatic hydroxyl groups excluding tert-OH is 1.